The zero-order valence-corrected chi connectivity index (χ0v) is 15.4. The summed E-state index contributed by atoms with van der Waals surface area (Å²) in [4.78, 5) is 22.7. The Hall–Kier alpha value is -3.57. The third-order valence-corrected chi connectivity index (χ3v) is 4.50. The van der Waals surface area contributed by atoms with Gasteiger partial charge in [0.05, 0.1) is 22.1 Å². The van der Waals surface area contributed by atoms with Crippen LogP contribution in [0.1, 0.15) is 11.1 Å². The lowest BCUT2D eigenvalue weighted by Crippen LogP contribution is -2.42. The number of nitro benzene ring substituents is 2. The molecule has 0 atom stereocenters. The Balaban J connectivity index is 1.68. The van der Waals surface area contributed by atoms with Gasteiger partial charge in [0.15, 0.2) is 0 Å². The zero-order valence-electron chi connectivity index (χ0n) is 15.4. The van der Waals surface area contributed by atoms with Crippen LogP contribution in [-0.2, 0) is 6.54 Å². The molecule has 11 heteroatoms. The Morgan fingerprint density at radius 3 is 2.55 bits per heavy atom. The molecule has 29 heavy (non-hydrogen) atoms. The molecule has 11 nitrogen and oxygen atoms in total. The van der Waals surface area contributed by atoms with Crippen molar-refractivity contribution in [2.24, 2.45) is 5.10 Å². The normalized spacial score (nSPS) is 14.8. The first-order valence-corrected chi connectivity index (χ1v) is 8.91. The second-order valence-electron chi connectivity index (χ2n) is 6.50. The molecule has 152 valence electrons. The van der Waals surface area contributed by atoms with Gasteiger partial charge in [0.2, 0.25) is 0 Å². The molecule has 3 N–H and O–H groups in total. The number of non-ortho nitro benzene ring substituents is 1. The highest BCUT2D eigenvalue weighted by atomic mass is 16.6. The topological polar surface area (TPSA) is 146 Å². The lowest BCUT2D eigenvalue weighted by molar-refractivity contribution is -0.393. The first kappa shape index (κ1) is 20.2. The minimum absolute atomic E-state index is 0.0244. The molecule has 0 amide bonds. The number of anilines is 1. The van der Waals surface area contributed by atoms with Crippen LogP contribution in [0.25, 0.3) is 0 Å². The molecule has 0 unspecified atom stereocenters. The molecule has 0 radical (unpaired) electrons. The number of piperazine rings is 1. The molecule has 1 fully saturated rings. The van der Waals surface area contributed by atoms with Gasteiger partial charge in [0.1, 0.15) is 11.4 Å². The van der Waals surface area contributed by atoms with E-state index in [9.17, 15) is 25.3 Å². The van der Waals surface area contributed by atoms with E-state index in [4.69, 9.17) is 0 Å². The standard InChI is InChI=1S/C18H20N6O5/c25-18-9-13(1-2-14(18)12-22-7-5-19-6-8-22)11-20-21-16-4-3-15(23(26)27)10-17(16)24(28)29/h1-4,9-11,19,21,25H,5-8,12H2/b20-11+. The molecular weight excluding hydrogens is 380 g/mol. The number of benzene rings is 2. The Morgan fingerprint density at radius 2 is 1.90 bits per heavy atom. The van der Waals surface area contributed by atoms with Gasteiger partial charge in [-0.3, -0.25) is 30.6 Å². The van der Waals surface area contributed by atoms with E-state index < -0.39 is 15.5 Å². The Morgan fingerprint density at radius 1 is 1.14 bits per heavy atom. The van der Waals surface area contributed by atoms with Crippen molar-refractivity contribution in [3.05, 3.63) is 67.8 Å². The van der Waals surface area contributed by atoms with Gasteiger partial charge in [-0.1, -0.05) is 12.1 Å². The molecule has 3 rings (SSSR count). The molecule has 1 saturated heterocycles. The lowest BCUT2D eigenvalue weighted by atomic mass is 10.1. The third kappa shape index (κ3) is 5.24. The molecule has 2 aromatic carbocycles. The maximum absolute atomic E-state index is 11.1. The van der Waals surface area contributed by atoms with Crippen molar-refractivity contribution in [1.29, 1.82) is 0 Å². The molecule has 0 aliphatic carbocycles. The lowest BCUT2D eigenvalue weighted by Gasteiger charge is -2.27. The molecule has 0 bridgehead atoms. The number of rotatable bonds is 7. The van der Waals surface area contributed by atoms with Crippen LogP contribution in [0.4, 0.5) is 17.1 Å². The van der Waals surface area contributed by atoms with Gasteiger partial charge in [-0.05, 0) is 17.7 Å². The number of nitro groups is 2. The summed E-state index contributed by atoms with van der Waals surface area (Å²) < 4.78 is 0. The maximum atomic E-state index is 11.1. The van der Waals surface area contributed by atoms with Crippen molar-refractivity contribution >= 4 is 23.3 Å². The highest BCUT2D eigenvalue weighted by molar-refractivity contribution is 5.81. The Kier molecular flexibility index (Phi) is 6.32. The maximum Gasteiger partial charge on any atom is 0.301 e. The summed E-state index contributed by atoms with van der Waals surface area (Å²) in [5.41, 5.74) is 3.12. The number of hydrogen-bond acceptors (Lipinski definition) is 9. The van der Waals surface area contributed by atoms with Crippen LogP contribution in [0.15, 0.2) is 41.5 Å². The predicted octanol–water partition coefficient (Wildman–Crippen LogP) is 2.06. The molecule has 0 spiro atoms. The van der Waals surface area contributed by atoms with Crippen LogP contribution in [0.2, 0.25) is 0 Å². The van der Waals surface area contributed by atoms with Crippen LogP contribution in [0.3, 0.4) is 0 Å². The van der Waals surface area contributed by atoms with Crippen LogP contribution < -0.4 is 10.7 Å². The summed E-state index contributed by atoms with van der Waals surface area (Å²) in [7, 11) is 0. The van der Waals surface area contributed by atoms with Gasteiger partial charge >= 0.3 is 5.69 Å². The van der Waals surface area contributed by atoms with E-state index in [1.807, 2.05) is 6.07 Å². The second-order valence-corrected chi connectivity index (χ2v) is 6.50. The van der Waals surface area contributed by atoms with E-state index in [0.29, 0.717) is 12.1 Å². The molecule has 1 heterocycles. The summed E-state index contributed by atoms with van der Waals surface area (Å²) in [6.45, 7) is 4.33. The van der Waals surface area contributed by atoms with E-state index in [-0.39, 0.29) is 17.1 Å². The van der Waals surface area contributed by atoms with Crippen LogP contribution in [-0.4, -0.2) is 52.2 Å². The monoisotopic (exact) mass is 400 g/mol. The smallest absolute Gasteiger partial charge is 0.301 e. The van der Waals surface area contributed by atoms with Crippen molar-refractivity contribution in [1.82, 2.24) is 10.2 Å². The largest absolute Gasteiger partial charge is 0.508 e. The minimum Gasteiger partial charge on any atom is -0.508 e. The van der Waals surface area contributed by atoms with Crippen molar-refractivity contribution in [2.75, 3.05) is 31.6 Å². The van der Waals surface area contributed by atoms with Crippen molar-refractivity contribution in [2.45, 2.75) is 6.54 Å². The fourth-order valence-corrected chi connectivity index (χ4v) is 2.96. The van der Waals surface area contributed by atoms with Gasteiger partial charge < -0.3 is 10.4 Å². The number of nitrogens with zero attached hydrogens (tertiary/aromatic N) is 4. The number of hydrogen-bond donors (Lipinski definition) is 3. The molecule has 2 aromatic rings. The Bertz CT molecular complexity index is 942. The van der Waals surface area contributed by atoms with Crippen LogP contribution in [0.5, 0.6) is 5.75 Å². The fraction of sp³-hybridized carbons (Fsp3) is 0.278. The third-order valence-electron chi connectivity index (χ3n) is 4.50. The van der Waals surface area contributed by atoms with E-state index in [1.54, 1.807) is 12.1 Å². The number of hydrazone groups is 1. The number of aromatic hydroxyl groups is 1. The van der Waals surface area contributed by atoms with Gasteiger partial charge in [-0.2, -0.15) is 5.10 Å². The highest BCUT2D eigenvalue weighted by Crippen LogP contribution is 2.29. The molecule has 1 aliphatic heterocycles. The van der Waals surface area contributed by atoms with E-state index in [2.05, 4.69) is 20.7 Å². The molecule has 0 aromatic heterocycles. The van der Waals surface area contributed by atoms with Gasteiger partial charge in [-0.25, -0.2) is 0 Å². The second kappa shape index (κ2) is 9.08. The minimum atomic E-state index is -0.721. The summed E-state index contributed by atoms with van der Waals surface area (Å²) in [6.07, 6.45) is 1.40. The van der Waals surface area contributed by atoms with Crippen LogP contribution in [0, 0.1) is 20.2 Å². The Labute approximate surface area is 165 Å². The number of phenolic OH excluding ortho intramolecular Hbond substituents is 1. The van der Waals surface area contributed by atoms with E-state index in [1.165, 1.54) is 12.3 Å². The first-order valence-electron chi connectivity index (χ1n) is 8.91. The summed E-state index contributed by atoms with van der Waals surface area (Å²) in [5, 5.41) is 39.4. The number of phenols is 1. The summed E-state index contributed by atoms with van der Waals surface area (Å²) in [6, 6.07) is 8.41. The van der Waals surface area contributed by atoms with Gasteiger partial charge in [0.25, 0.3) is 5.69 Å². The predicted molar refractivity (Wildman–Crippen MR) is 107 cm³/mol. The molecular formula is C18H20N6O5. The van der Waals surface area contributed by atoms with Crippen molar-refractivity contribution < 1.29 is 15.0 Å². The first-order chi connectivity index (χ1) is 13.9. The van der Waals surface area contributed by atoms with Gasteiger partial charge in [-0.15, -0.1) is 0 Å². The van der Waals surface area contributed by atoms with E-state index >= 15 is 0 Å². The van der Waals surface area contributed by atoms with E-state index in [0.717, 1.165) is 43.9 Å². The average molecular weight is 400 g/mol. The molecule has 0 saturated carbocycles. The highest BCUT2D eigenvalue weighted by Gasteiger charge is 2.19. The molecule has 1 aliphatic rings. The van der Waals surface area contributed by atoms with Crippen molar-refractivity contribution in [3.63, 3.8) is 0 Å². The average Bonchev–Trinajstić information content (AvgIpc) is 2.70. The SMILES string of the molecule is O=[N+]([O-])c1ccc(N/N=C/c2ccc(CN3CCNCC3)c(O)c2)c([N+](=O)[O-])c1. The number of nitrogens with one attached hydrogen (secondary N) is 2. The summed E-state index contributed by atoms with van der Waals surface area (Å²) in [5.74, 6) is 0.147. The van der Waals surface area contributed by atoms with Gasteiger partial charge in [0, 0.05) is 44.4 Å². The summed E-state index contributed by atoms with van der Waals surface area (Å²) >= 11 is 0. The van der Waals surface area contributed by atoms with Crippen LogP contribution >= 0.6 is 0 Å². The van der Waals surface area contributed by atoms with Crippen molar-refractivity contribution in [3.8, 4) is 5.75 Å². The zero-order chi connectivity index (χ0) is 20.8. The fourth-order valence-electron chi connectivity index (χ4n) is 2.96. The quantitative estimate of drug-likeness (QED) is 0.364.